The van der Waals surface area contributed by atoms with E-state index in [-0.39, 0.29) is 11.7 Å². The highest BCUT2D eigenvalue weighted by Gasteiger charge is 2.19. The summed E-state index contributed by atoms with van der Waals surface area (Å²) in [6.45, 7) is 3.34. The average molecular weight is 429 g/mol. The number of aryl methyl sites for hydroxylation is 2. The number of hydrogen-bond donors (Lipinski definition) is 1. The van der Waals surface area contributed by atoms with E-state index in [0.29, 0.717) is 0 Å². The molecule has 1 fully saturated rings. The Kier molecular flexibility index (Phi) is 5.88. The largest absolute Gasteiger partial charge is 0.392 e. The molecule has 0 aliphatic carbocycles. The first-order valence-electron chi connectivity index (χ1n) is 11.3. The van der Waals surface area contributed by atoms with Crippen LogP contribution in [0.25, 0.3) is 16.6 Å². The first-order valence-corrected chi connectivity index (χ1v) is 11.3. The van der Waals surface area contributed by atoms with E-state index in [1.54, 1.807) is 10.6 Å². The molecule has 0 radical (unpaired) electrons. The number of likely N-dealkylation sites (tertiary alicyclic amines) is 1. The number of aliphatic hydroxyl groups is 1. The Bertz CT molecular complexity index is 1260. The SMILES string of the molecule is O=c1cc(CCc2ccccc2)ccn1-c1ccc2c(cnn2CCN2CC[C@H](O)C2)c1. The third-order valence-corrected chi connectivity index (χ3v) is 6.31. The molecule has 32 heavy (non-hydrogen) atoms. The molecule has 3 heterocycles. The summed E-state index contributed by atoms with van der Waals surface area (Å²) in [5.74, 6) is 0. The van der Waals surface area contributed by atoms with E-state index in [2.05, 4.69) is 22.1 Å². The Morgan fingerprint density at radius 2 is 1.81 bits per heavy atom. The molecule has 1 aliphatic rings. The van der Waals surface area contributed by atoms with Crippen molar-refractivity contribution in [3.63, 3.8) is 0 Å². The number of benzene rings is 2. The van der Waals surface area contributed by atoms with Crippen LogP contribution in [-0.4, -0.2) is 50.1 Å². The van der Waals surface area contributed by atoms with Crippen molar-refractivity contribution in [3.05, 3.63) is 94.5 Å². The summed E-state index contributed by atoms with van der Waals surface area (Å²) >= 11 is 0. The van der Waals surface area contributed by atoms with E-state index < -0.39 is 0 Å². The van der Waals surface area contributed by atoms with Gasteiger partial charge in [0.1, 0.15) is 0 Å². The molecule has 164 valence electrons. The molecule has 0 saturated carbocycles. The van der Waals surface area contributed by atoms with Crippen LogP contribution in [0.5, 0.6) is 0 Å². The van der Waals surface area contributed by atoms with Gasteiger partial charge in [0.2, 0.25) is 0 Å². The van der Waals surface area contributed by atoms with Gasteiger partial charge < -0.3 is 5.11 Å². The van der Waals surface area contributed by atoms with Gasteiger partial charge in [0.05, 0.1) is 24.4 Å². The number of aliphatic hydroxyl groups excluding tert-OH is 1. The normalized spacial score (nSPS) is 16.7. The van der Waals surface area contributed by atoms with Crippen LogP contribution in [0.4, 0.5) is 0 Å². The van der Waals surface area contributed by atoms with Crippen LogP contribution in [0.1, 0.15) is 17.5 Å². The maximum atomic E-state index is 12.8. The molecule has 0 amide bonds. The fraction of sp³-hybridized carbons (Fsp3) is 0.308. The van der Waals surface area contributed by atoms with E-state index in [1.807, 2.05) is 59.5 Å². The van der Waals surface area contributed by atoms with Gasteiger partial charge in [-0.05, 0) is 54.7 Å². The van der Waals surface area contributed by atoms with Crippen molar-refractivity contribution in [1.82, 2.24) is 19.2 Å². The Morgan fingerprint density at radius 1 is 0.969 bits per heavy atom. The summed E-state index contributed by atoms with van der Waals surface area (Å²) in [6, 6.07) is 20.1. The lowest BCUT2D eigenvalue weighted by molar-refractivity contribution is 0.175. The minimum Gasteiger partial charge on any atom is -0.392 e. The number of rotatable bonds is 7. The predicted octanol–water partition coefficient (Wildman–Crippen LogP) is 3.04. The quantitative estimate of drug-likeness (QED) is 0.492. The predicted molar refractivity (Wildman–Crippen MR) is 126 cm³/mol. The molecule has 1 atom stereocenters. The fourth-order valence-corrected chi connectivity index (χ4v) is 4.48. The van der Waals surface area contributed by atoms with Crippen LogP contribution in [0.2, 0.25) is 0 Å². The Hall–Kier alpha value is -3.22. The molecule has 1 aliphatic heterocycles. The van der Waals surface area contributed by atoms with Gasteiger partial charge in [0.15, 0.2) is 0 Å². The Labute approximate surface area is 187 Å². The van der Waals surface area contributed by atoms with Crippen molar-refractivity contribution in [2.75, 3.05) is 19.6 Å². The maximum absolute atomic E-state index is 12.8. The number of β-amino-alcohol motifs (C(OH)–C–C–N with tert-alkyl or cyclic N) is 1. The molecule has 1 N–H and O–H groups in total. The van der Waals surface area contributed by atoms with Gasteiger partial charge in [0, 0.05) is 43.0 Å². The van der Waals surface area contributed by atoms with Crippen LogP contribution >= 0.6 is 0 Å². The van der Waals surface area contributed by atoms with Crippen LogP contribution in [0.3, 0.4) is 0 Å². The van der Waals surface area contributed by atoms with Crippen LogP contribution < -0.4 is 5.56 Å². The molecular formula is C26H28N4O2. The van der Waals surface area contributed by atoms with E-state index in [9.17, 15) is 9.90 Å². The van der Waals surface area contributed by atoms with Gasteiger partial charge in [-0.3, -0.25) is 18.9 Å². The van der Waals surface area contributed by atoms with Crippen molar-refractivity contribution in [3.8, 4) is 5.69 Å². The minimum absolute atomic E-state index is 0.0186. The molecule has 6 nitrogen and oxygen atoms in total. The lowest BCUT2D eigenvalue weighted by Gasteiger charge is -2.15. The fourth-order valence-electron chi connectivity index (χ4n) is 4.48. The zero-order chi connectivity index (χ0) is 21.9. The summed E-state index contributed by atoms with van der Waals surface area (Å²) in [4.78, 5) is 15.1. The number of hydrogen-bond acceptors (Lipinski definition) is 4. The van der Waals surface area contributed by atoms with Crippen molar-refractivity contribution < 1.29 is 5.11 Å². The lowest BCUT2D eigenvalue weighted by Crippen LogP contribution is -2.26. The molecule has 0 bridgehead atoms. The van der Waals surface area contributed by atoms with Crippen molar-refractivity contribution in [2.24, 2.45) is 0 Å². The molecule has 6 heteroatoms. The number of fused-ring (bicyclic) bond motifs is 1. The number of aromatic nitrogens is 3. The standard InChI is InChI=1S/C26H28N4O2/c31-24-11-12-28(19-24)14-15-30-25-9-8-23(17-22(25)18-27-30)29-13-10-21(16-26(29)32)7-6-20-4-2-1-3-5-20/h1-5,8-10,13,16-18,24,31H,6-7,11-12,14-15,19H2/t24-/m0/s1. The van der Waals surface area contributed by atoms with E-state index in [4.69, 9.17) is 0 Å². The summed E-state index contributed by atoms with van der Waals surface area (Å²) in [5, 5.41) is 15.3. The van der Waals surface area contributed by atoms with Gasteiger partial charge in [-0.15, -0.1) is 0 Å². The highest BCUT2D eigenvalue weighted by Crippen LogP contribution is 2.19. The van der Waals surface area contributed by atoms with Crippen molar-refractivity contribution >= 4 is 10.9 Å². The second-order valence-electron chi connectivity index (χ2n) is 8.58. The monoisotopic (exact) mass is 428 g/mol. The third-order valence-electron chi connectivity index (χ3n) is 6.31. The van der Waals surface area contributed by atoms with Crippen molar-refractivity contribution in [1.29, 1.82) is 0 Å². The van der Waals surface area contributed by atoms with Crippen LogP contribution in [-0.2, 0) is 19.4 Å². The van der Waals surface area contributed by atoms with Gasteiger partial charge in [0.25, 0.3) is 5.56 Å². The summed E-state index contributed by atoms with van der Waals surface area (Å²) < 4.78 is 3.69. The second-order valence-corrected chi connectivity index (χ2v) is 8.58. The van der Waals surface area contributed by atoms with E-state index in [1.165, 1.54) is 5.56 Å². The highest BCUT2D eigenvalue weighted by atomic mass is 16.3. The molecule has 0 spiro atoms. The van der Waals surface area contributed by atoms with Gasteiger partial charge in [-0.1, -0.05) is 30.3 Å². The third kappa shape index (κ3) is 4.52. The Morgan fingerprint density at radius 3 is 2.59 bits per heavy atom. The molecule has 2 aromatic carbocycles. The van der Waals surface area contributed by atoms with Crippen molar-refractivity contribution in [2.45, 2.75) is 31.9 Å². The second kappa shape index (κ2) is 9.10. The summed E-state index contributed by atoms with van der Waals surface area (Å²) in [7, 11) is 0. The summed E-state index contributed by atoms with van der Waals surface area (Å²) in [5.41, 5.74) is 4.21. The smallest absolute Gasteiger partial charge is 0.255 e. The zero-order valence-electron chi connectivity index (χ0n) is 18.1. The van der Waals surface area contributed by atoms with Gasteiger partial charge in [-0.2, -0.15) is 5.10 Å². The average Bonchev–Trinajstić information content (AvgIpc) is 3.42. The molecule has 1 saturated heterocycles. The number of nitrogens with zero attached hydrogens (tertiary/aromatic N) is 4. The molecule has 0 unspecified atom stereocenters. The first-order chi connectivity index (χ1) is 15.7. The Balaban J connectivity index is 1.29. The lowest BCUT2D eigenvalue weighted by atomic mass is 10.1. The zero-order valence-corrected chi connectivity index (χ0v) is 18.1. The van der Waals surface area contributed by atoms with Crippen LogP contribution in [0, 0.1) is 0 Å². The van der Waals surface area contributed by atoms with Gasteiger partial charge in [-0.25, -0.2) is 0 Å². The van der Waals surface area contributed by atoms with Gasteiger partial charge >= 0.3 is 0 Å². The molecule has 4 aromatic rings. The first kappa shape index (κ1) is 20.7. The minimum atomic E-state index is -0.199. The summed E-state index contributed by atoms with van der Waals surface area (Å²) in [6.07, 6.45) is 6.15. The topological polar surface area (TPSA) is 63.3 Å². The number of pyridine rings is 1. The van der Waals surface area contributed by atoms with Crippen LogP contribution in [0.15, 0.2) is 77.9 Å². The highest BCUT2D eigenvalue weighted by molar-refractivity contribution is 5.80. The molecule has 5 rings (SSSR count). The molecular weight excluding hydrogens is 400 g/mol. The van der Waals surface area contributed by atoms with E-state index >= 15 is 0 Å². The maximum Gasteiger partial charge on any atom is 0.255 e. The van der Waals surface area contributed by atoms with E-state index in [0.717, 1.165) is 67.6 Å². The molecule has 2 aromatic heterocycles.